The number of carboxylic acid groups (broad SMARTS) is 1. The fourth-order valence-electron chi connectivity index (χ4n) is 2.17. The maximum Gasteiger partial charge on any atom is 0.358 e. The summed E-state index contributed by atoms with van der Waals surface area (Å²) in [5, 5.41) is 16.1. The summed E-state index contributed by atoms with van der Waals surface area (Å²) in [6.45, 7) is 3.19. The van der Waals surface area contributed by atoms with Gasteiger partial charge in [0.2, 0.25) is 0 Å². The van der Waals surface area contributed by atoms with Gasteiger partial charge in [-0.05, 0) is 26.3 Å². The average molecular weight is 268 g/mol. The zero-order valence-corrected chi connectivity index (χ0v) is 11.2. The van der Waals surface area contributed by atoms with Gasteiger partial charge in [0, 0.05) is 19.7 Å². The number of carbonyl (C=O) groups is 1. The number of ether oxygens (including phenoxy) is 1. The molecule has 7 heteroatoms. The lowest BCUT2D eigenvalue weighted by molar-refractivity contribution is -0.00194. The number of aromatic carboxylic acids is 1. The molecule has 0 radical (unpaired) electrons. The molecule has 1 fully saturated rings. The Balaban J connectivity index is 1.72. The van der Waals surface area contributed by atoms with Crippen LogP contribution < -0.4 is 0 Å². The van der Waals surface area contributed by atoms with Gasteiger partial charge in [-0.15, -0.1) is 5.10 Å². The van der Waals surface area contributed by atoms with Crippen molar-refractivity contribution in [1.82, 2.24) is 19.9 Å². The molecule has 0 aliphatic carbocycles. The zero-order valence-electron chi connectivity index (χ0n) is 11.2. The van der Waals surface area contributed by atoms with Crippen molar-refractivity contribution < 1.29 is 14.6 Å². The number of aromatic nitrogens is 3. The van der Waals surface area contributed by atoms with Gasteiger partial charge < -0.3 is 14.7 Å². The highest BCUT2D eigenvalue weighted by atomic mass is 16.5. The van der Waals surface area contributed by atoms with Crippen LogP contribution >= 0.6 is 0 Å². The van der Waals surface area contributed by atoms with Gasteiger partial charge in [-0.1, -0.05) is 5.21 Å². The molecule has 1 unspecified atom stereocenters. The van der Waals surface area contributed by atoms with Crippen molar-refractivity contribution in [3.05, 3.63) is 11.9 Å². The first-order valence-corrected chi connectivity index (χ1v) is 6.58. The minimum Gasteiger partial charge on any atom is -0.476 e. The highest BCUT2D eigenvalue weighted by Gasteiger charge is 2.16. The molecule has 0 amide bonds. The van der Waals surface area contributed by atoms with E-state index >= 15 is 0 Å². The first kappa shape index (κ1) is 14.0. The maximum absolute atomic E-state index is 10.7. The molecule has 19 heavy (non-hydrogen) atoms. The van der Waals surface area contributed by atoms with Crippen LogP contribution in [-0.4, -0.2) is 63.8 Å². The second kappa shape index (κ2) is 6.63. The van der Waals surface area contributed by atoms with Crippen molar-refractivity contribution in [2.24, 2.45) is 0 Å². The molecule has 0 spiro atoms. The topological polar surface area (TPSA) is 80.5 Å². The van der Waals surface area contributed by atoms with E-state index in [0.29, 0.717) is 12.6 Å². The summed E-state index contributed by atoms with van der Waals surface area (Å²) >= 11 is 0. The van der Waals surface area contributed by atoms with Gasteiger partial charge >= 0.3 is 5.97 Å². The maximum atomic E-state index is 10.7. The van der Waals surface area contributed by atoms with Crippen molar-refractivity contribution in [3.8, 4) is 0 Å². The molecule has 7 nitrogen and oxygen atoms in total. The molecular weight excluding hydrogens is 248 g/mol. The highest BCUT2D eigenvalue weighted by Crippen LogP contribution is 2.13. The number of hydrogen-bond acceptors (Lipinski definition) is 5. The third kappa shape index (κ3) is 4.29. The van der Waals surface area contributed by atoms with Gasteiger partial charge in [-0.2, -0.15) is 0 Å². The van der Waals surface area contributed by atoms with Crippen molar-refractivity contribution in [2.45, 2.75) is 31.9 Å². The summed E-state index contributed by atoms with van der Waals surface area (Å²) in [7, 11) is 2.03. The molecule has 0 aromatic carbocycles. The SMILES string of the molecule is CN(CCn1cc(C(=O)O)nn1)CC1CCCCO1. The molecular formula is C12H20N4O3. The average Bonchev–Trinajstić information content (AvgIpc) is 2.86. The van der Waals surface area contributed by atoms with Crippen LogP contribution in [0.25, 0.3) is 0 Å². The normalized spacial score (nSPS) is 19.8. The molecule has 106 valence electrons. The number of nitrogens with zero attached hydrogens (tertiary/aromatic N) is 4. The Morgan fingerprint density at radius 1 is 1.63 bits per heavy atom. The molecule has 1 aliphatic rings. The number of likely N-dealkylation sites (N-methyl/N-ethyl adjacent to an activating group) is 1. The Bertz CT molecular complexity index is 415. The largest absolute Gasteiger partial charge is 0.476 e. The van der Waals surface area contributed by atoms with E-state index < -0.39 is 5.97 Å². The van der Waals surface area contributed by atoms with E-state index in [2.05, 4.69) is 15.2 Å². The summed E-state index contributed by atoms with van der Waals surface area (Å²) in [5.41, 5.74) is -0.0155. The van der Waals surface area contributed by atoms with E-state index in [0.717, 1.165) is 32.5 Å². The molecule has 2 rings (SSSR count). The number of rotatable bonds is 6. The fourth-order valence-corrected chi connectivity index (χ4v) is 2.17. The third-order valence-electron chi connectivity index (χ3n) is 3.26. The van der Waals surface area contributed by atoms with Crippen LogP contribution in [0.3, 0.4) is 0 Å². The second-order valence-electron chi connectivity index (χ2n) is 4.92. The van der Waals surface area contributed by atoms with Gasteiger partial charge in [0.15, 0.2) is 5.69 Å². The highest BCUT2D eigenvalue weighted by molar-refractivity contribution is 5.84. The predicted octanol–water partition coefficient (Wildman–Crippen LogP) is 0.477. The van der Waals surface area contributed by atoms with E-state index in [1.165, 1.54) is 12.6 Å². The Morgan fingerprint density at radius 2 is 2.47 bits per heavy atom. The van der Waals surface area contributed by atoms with E-state index in [1.54, 1.807) is 4.68 Å². The quantitative estimate of drug-likeness (QED) is 0.808. The van der Waals surface area contributed by atoms with Gasteiger partial charge in [0.25, 0.3) is 0 Å². The Labute approximate surface area is 112 Å². The summed E-state index contributed by atoms with van der Waals surface area (Å²) in [6, 6.07) is 0. The molecule has 1 aromatic rings. The van der Waals surface area contributed by atoms with Gasteiger partial charge in [-0.3, -0.25) is 4.68 Å². The van der Waals surface area contributed by atoms with Gasteiger partial charge in [0.05, 0.1) is 18.8 Å². The molecule has 1 atom stereocenters. The van der Waals surface area contributed by atoms with Crippen LogP contribution in [0.1, 0.15) is 29.8 Å². The van der Waals surface area contributed by atoms with Crippen LogP contribution in [0.2, 0.25) is 0 Å². The zero-order chi connectivity index (χ0) is 13.7. The van der Waals surface area contributed by atoms with Crippen LogP contribution in [0, 0.1) is 0 Å². The van der Waals surface area contributed by atoms with Gasteiger partial charge in [0.1, 0.15) is 0 Å². The Morgan fingerprint density at radius 3 is 3.11 bits per heavy atom. The number of carboxylic acids is 1. The minimum absolute atomic E-state index is 0.0155. The van der Waals surface area contributed by atoms with Crippen LogP contribution in [0.15, 0.2) is 6.20 Å². The lowest BCUT2D eigenvalue weighted by Gasteiger charge is -2.27. The first-order chi connectivity index (χ1) is 9.15. The smallest absolute Gasteiger partial charge is 0.358 e. The van der Waals surface area contributed by atoms with E-state index in [-0.39, 0.29) is 5.69 Å². The molecule has 1 N–H and O–H groups in total. The second-order valence-corrected chi connectivity index (χ2v) is 4.92. The van der Waals surface area contributed by atoms with E-state index in [4.69, 9.17) is 9.84 Å². The van der Waals surface area contributed by atoms with Crippen LogP contribution in [-0.2, 0) is 11.3 Å². The van der Waals surface area contributed by atoms with Crippen molar-refractivity contribution in [2.75, 3.05) is 26.7 Å². The van der Waals surface area contributed by atoms with Crippen molar-refractivity contribution in [1.29, 1.82) is 0 Å². The summed E-state index contributed by atoms with van der Waals surface area (Å²) in [5.74, 6) is -1.05. The first-order valence-electron chi connectivity index (χ1n) is 6.58. The monoisotopic (exact) mass is 268 g/mol. The van der Waals surface area contributed by atoms with E-state index in [9.17, 15) is 4.79 Å². The minimum atomic E-state index is -1.05. The fraction of sp³-hybridized carbons (Fsp3) is 0.750. The predicted molar refractivity (Wildman–Crippen MR) is 68.1 cm³/mol. The molecule has 1 aliphatic heterocycles. The molecule has 0 bridgehead atoms. The molecule has 1 aromatic heterocycles. The van der Waals surface area contributed by atoms with Crippen molar-refractivity contribution >= 4 is 5.97 Å². The Kier molecular flexibility index (Phi) is 4.86. The third-order valence-corrected chi connectivity index (χ3v) is 3.26. The lowest BCUT2D eigenvalue weighted by Crippen LogP contribution is -2.35. The molecule has 0 saturated carbocycles. The Hall–Kier alpha value is -1.47. The van der Waals surface area contributed by atoms with Crippen LogP contribution in [0.5, 0.6) is 0 Å². The number of hydrogen-bond donors (Lipinski definition) is 1. The summed E-state index contributed by atoms with van der Waals surface area (Å²) in [6.07, 6.45) is 5.30. The molecule has 2 heterocycles. The summed E-state index contributed by atoms with van der Waals surface area (Å²) < 4.78 is 7.24. The standard InChI is InChI=1S/C12H20N4O3/c1-15(8-10-4-2-3-7-19-10)5-6-16-9-11(12(17)18)13-14-16/h9-10H,2-8H2,1H3,(H,17,18). The van der Waals surface area contributed by atoms with Gasteiger partial charge in [-0.25, -0.2) is 4.79 Å². The molecule has 1 saturated heterocycles. The summed E-state index contributed by atoms with van der Waals surface area (Å²) in [4.78, 5) is 12.9. The van der Waals surface area contributed by atoms with Crippen molar-refractivity contribution in [3.63, 3.8) is 0 Å². The lowest BCUT2D eigenvalue weighted by atomic mass is 10.1. The van der Waals surface area contributed by atoms with Crippen LogP contribution in [0.4, 0.5) is 0 Å². The van der Waals surface area contributed by atoms with E-state index in [1.807, 2.05) is 7.05 Å².